The van der Waals surface area contributed by atoms with Crippen molar-refractivity contribution in [3.63, 3.8) is 0 Å². The van der Waals surface area contributed by atoms with E-state index < -0.39 is 13.0 Å². The van der Waals surface area contributed by atoms with E-state index in [2.05, 4.69) is 10.1 Å². The van der Waals surface area contributed by atoms with Gasteiger partial charge in [0.25, 0.3) is 6.43 Å². The van der Waals surface area contributed by atoms with Crippen LogP contribution in [0.3, 0.4) is 0 Å². The van der Waals surface area contributed by atoms with Crippen molar-refractivity contribution in [3.05, 3.63) is 24.3 Å². The molecular weight excluding hydrogens is 270 g/mol. The normalized spacial score (nSPS) is 14.2. The fraction of sp³-hybridized carbons (Fsp3) is 0.385. The fourth-order valence-corrected chi connectivity index (χ4v) is 1.92. The second-order valence-electron chi connectivity index (χ2n) is 4.26. The van der Waals surface area contributed by atoms with Crippen LogP contribution in [0.5, 0.6) is 0 Å². The fourth-order valence-electron chi connectivity index (χ4n) is 1.92. The number of hydrogen-bond acceptors (Lipinski definition) is 3. The van der Waals surface area contributed by atoms with Gasteiger partial charge in [-0.1, -0.05) is 12.1 Å². The van der Waals surface area contributed by atoms with Crippen molar-refractivity contribution in [3.8, 4) is 0 Å². The molecule has 20 heavy (non-hydrogen) atoms. The zero-order valence-electron chi connectivity index (χ0n) is 10.6. The van der Waals surface area contributed by atoms with Gasteiger partial charge in [-0.05, 0) is 12.1 Å². The Hall–Kier alpha value is -2.02. The first-order chi connectivity index (χ1) is 9.58. The second kappa shape index (κ2) is 6.42. The Morgan fingerprint density at radius 3 is 2.90 bits per heavy atom. The summed E-state index contributed by atoms with van der Waals surface area (Å²) >= 11 is 0. The number of ether oxygens (including phenoxy) is 1. The monoisotopic (exact) mass is 284 g/mol. The average molecular weight is 284 g/mol. The molecule has 0 spiro atoms. The van der Waals surface area contributed by atoms with Crippen molar-refractivity contribution in [1.29, 1.82) is 0 Å². The maximum Gasteiger partial charge on any atom is 0.261 e. The summed E-state index contributed by atoms with van der Waals surface area (Å²) in [6, 6.07) is 6.91. The van der Waals surface area contributed by atoms with Crippen molar-refractivity contribution in [1.82, 2.24) is 0 Å². The van der Waals surface area contributed by atoms with E-state index in [-0.39, 0.29) is 31.4 Å². The Kier molecular flexibility index (Phi) is 4.62. The number of nitrogens with one attached hydrogen (secondary N) is 1. The zero-order chi connectivity index (χ0) is 14.5. The molecule has 1 aromatic rings. The Morgan fingerprint density at radius 2 is 2.15 bits per heavy atom. The number of carbonyl (C=O) groups excluding carboxylic acids is 2. The Balaban J connectivity index is 1.98. The number of amides is 2. The molecule has 5 nitrogen and oxygen atoms in total. The van der Waals surface area contributed by atoms with E-state index in [1.165, 1.54) is 4.90 Å². The SMILES string of the molecule is O=C1CN(C(=O)CCOCC(F)F)c2ccccc2N1. The van der Waals surface area contributed by atoms with Crippen LogP contribution in [-0.2, 0) is 14.3 Å². The van der Waals surface area contributed by atoms with E-state index >= 15 is 0 Å². The third kappa shape index (κ3) is 3.51. The maximum atomic E-state index is 12.0. The Labute approximate surface area is 114 Å². The number of carbonyl (C=O) groups is 2. The average Bonchev–Trinajstić information content (AvgIpc) is 2.42. The third-order valence-corrected chi connectivity index (χ3v) is 2.78. The van der Waals surface area contributed by atoms with Gasteiger partial charge in [-0.15, -0.1) is 0 Å². The molecule has 1 heterocycles. The number of alkyl halides is 2. The lowest BCUT2D eigenvalue weighted by Gasteiger charge is -2.29. The number of fused-ring (bicyclic) bond motifs is 1. The van der Waals surface area contributed by atoms with Crippen molar-refractivity contribution in [2.24, 2.45) is 0 Å². The summed E-state index contributed by atoms with van der Waals surface area (Å²) in [6.45, 7) is -0.863. The summed E-state index contributed by atoms with van der Waals surface area (Å²) < 4.78 is 28.5. The van der Waals surface area contributed by atoms with Gasteiger partial charge in [0.15, 0.2) is 0 Å². The third-order valence-electron chi connectivity index (χ3n) is 2.78. The van der Waals surface area contributed by atoms with Crippen molar-refractivity contribution in [2.75, 3.05) is 30.0 Å². The lowest BCUT2D eigenvalue weighted by Crippen LogP contribution is -2.42. The zero-order valence-corrected chi connectivity index (χ0v) is 10.6. The molecule has 1 N–H and O–H groups in total. The van der Waals surface area contributed by atoms with Gasteiger partial charge in [-0.25, -0.2) is 8.78 Å². The molecule has 0 bridgehead atoms. The Bertz CT molecular complexity index is 508. The Morgan fingerprint density at radius 1 is 1.40 bits per heavy atom. The lowest BCUT2D eigenvalue weighted by molar-refractivity contribution is -0.122. The quantitative estimate of drug-likeness (QED) is 0.836. The summed E-state index contributed by atoms with van der Waals surface area (Å²) in [5.41, 5.74) is 1.16. The van der Waals surface area contributed by atoms with Crippen LogP contribution in [0, 0.1) is 0 Å². The second-order valence-corrected chi connectivity index (χ2v) is 4.26. The van der Waals surface area contributed by atoms with Gasteiger partial charge in [-0.2, -0.15) is 0 Å². The van der Waals surface area contributed by atoms with Crippen LogP contribution in [0.2, 0.25) is 0 Å². The number of benzene rings is 1. The number of anilines is 2. The van der Waals surface area contributed by atoms with Crippen LogP contribution in [-0.4, -0.2) is 38.0 Å². The highest BCUT2D eigenvalue weighted by Gasteiger charge is 2.26. The van der Waals surface area contributed by atoms with Crippen LogP contribution < -0.4 is 10.2 Å². The molecule has 0 saturated carbocycles. The number of halogens is 2. The number of hydrogen-bond donors (Lipinski definition) is 1. The van der Waals surface area contributed by atoms with E-state index in [0.717, 1.165) is 0 Å². The van der Waals surface area contributed by atoms with E-state index in [1.807, 2.05) is 0 Å². The van der Waals surface area contributed by atoms with E-state index in [9.17, 15) is 18.4 Å². The predicted octanol–water partition coefficient (Wildman–Crippen LogP) is 1.64. The van der Waals surface area contributed by atoms with E-state index in [0.29, 0.717) is 11.4 Å². The highest BCUT2D eigenvalue weighted by molar-refractivity contribution is 6.09. The molecule has 0 fully saturated rings. The van der Waals surface area contributed by atoms with Crippen molar-refractivity contribution in [2.45, 2.75) is 12.8 Å². The van der Waals surface area contributed by atoms with Gasteiger partial charge in [0.05, 0.1) is 24.4 Å². The molecule has 2 amide bonds. The summed E-state index contributed by atoms with van der Waals surface area (Å²) in [5.74, 6) is -0.618. The minimum Gasteiger partial charge on any atom is -0.375 e. The van der Waals surface area contributed by atoms with E-state index in [1.54, 1.807) is 24.3 Å². The smallest absolute Gasteiger partial charge is 0.261 e. The highest BCUT2D eigenvalue weighted by atomic mass is 19.3. The number of para-hydroxylation sites is 2. The first-order valence-corrected chi connectivity index (χ1v) is 6.13. The molecule has 7 heteroatoms. The molecule has 2 rings (SSSR count). The minimum atomic E-state index is -2.55. The molecule has 1 aliphatic heterocycles. The molecule has 0 radical (unpaired) electrons. The van der Waals surface area contributed by atoms with Gasteiger partial charge in [0, 0.05) is 0 Å². The molecule has 108 valence electrons. The van der Waals surface area contributed by atoms with Crippen molar-refractivity contribution >= 4 is 23.2 Å². The van der Waals surface area contributed by atoms with Gasteiger partial charge in [0.2, 0.25) is 11.8 Å². The minimum absolute atomic E-state index is 0.0473. The predicted molar refractivity (Wildman–Crippen MR) is 68.9 cm³/mol. The largest absolute Gasteiger partial charge is 0.375 e. The molecule has 0 unspecified atom stereocenters. The summed E-state index contributed by atoms with van der Waals surface area (Å²) in [7, 11) is 0. The molecule has 0 atom stereocenters. The van der Waals surface area contributed by atoms with Gasteiger partial charge in [0.1, 0.15) is 13.2 Å². The van der Waals surface area contributed by atoms with Crippen LogP contribution in [0.15, 0.2) is 24.3 Å². The molecule has 1 aromatic carbocycles. The first-order valence-electron chi connectivity index (χ1n) is 6.13. The van der Waals surface area contributed by atoms with Gasteiger partial charge < -0.3 is 15.0 Å². The molecule has 0 aromatic heterocycles. The lowest BCUT2D eigenvalue weighted by atomic mass is 10.2. The van der Waals surface area contributed by atoms with Crippen LogP contribution in [0.4, 0.5) is 20.2 Å². The van der Waals surface area contributed by atoms with Crippen LogP contribution in [0.25, 0.3) is 0 Å². The molecule has 0 saturated heterocycles. The summed E-state index contributed by atoms with van der Waals surface area (Å²) in [6.07, 6.45) is -2.60. The number of nitrogens with zero attached hydrogens (tertiary/aromatic N) is 1. The number of rotatable bonds is 5. The van der Waals surface area contributed by atoms with E-state index in [4.69, 9.17) is 0 Å². The van der Waals surface area contributed by atoms with Gasteiger partial charge in [-0.3, -0.25) is 9.59 Å². The van der Waals surface area contributed by atoms with Crippen molar-refractivity contribution < 1.29 is 23.1 Å². The standard InChI is InChI=1S/C13H14F2N2O3/c14-11(15)8-20-6-5-13(19)17-7-12(18)16-9-3-1-2-4-10(9)17/h1-4,11H,5-8H2,(H,16,18). The molecule has 1 aliphatic rings. The topological polar surface area (TPSA) is 58.6 Å². The highest BCUT2D eigenvalue weighted by Crippen LogP contribution is 2.29. The van der Waals surface area contributed by atoms with Crippen LogP contribution >= 0.6 is 0 Å². The maximum absolute atomic E-state index is 12.0. The first kappa shape index (κ1) is 14.4. The molecule has 0 aliphatic carbocycles. The summed E-state index contributed by atoms with van der Waals surface area (Å²) in [4.78, 5) is 24.9. The van der Waals surface area contributed by atoms with Crippen LogP contribution in [0.1, 0.15) is 6.42 Å². The van der Waals surface area contributed by atoms with Gasteiger partial charge >= 0.3 is 0 Å². The summed E-state index contributed by atoms with van der Waals surface area (Å²) in [5, 5.41) is 2.66. The molecular formula is C13H14F2N2O3.